The van der Waals surface area contributed by atoms with E-state index in [1.54, 1.807) is 0 Å². The largest absolute Gasteiger partial charge is 0.362 e. The van der Waals surface area contributed by atoms with E-state index >= 15 is 0 Å². The predicted octanol–water partition coefficient (Wildman–Crippen LogP) is 0.808. The molecule has 0 amide bonds. The van der Waals surface area contributed by atoms with Gasteiger partial charge in [-0.2, -0.15) is 0 Å². The molecule has 0 aromatic rings. The number of ether oxygens (including phenoxy) is 1. The monoisotopic (exact) mass is 175 g/mol. The Hall–Kier alpha value is -0.230. The average molecular weight is 176 g/mol. The van der Waals surface area contributed by atoms with Crippen LogP contribution < -0.4 is 5.32 Å². The molecule has 1 aliphatic rings. The lowest BCUT2D eigenvalue weighted by atomic mass is 10.1. The molecular weight excluding hydrogens is 162 g/mol. The van der Waals surface area contributed by atoms with Crippen molar-refractivity contribution in [3.63, 3.8) is 0 Å². The average Bonchev–Trinajstić information content (AvgIpc) is 1.88. The molecule has 64 valence electrons. The molecule has 0 spiro atoms. The van der Waals surface area contributed by atoms with Crippen LogP contribution in [0.5, 0.6) is 0 Å². The summed E-state index contributed by atoms with van der Waals surface area (Å²) < 4.78 is 5.34. The number of hydrogen-bond donors (Lipinski definition) is 1. The standard InChI is InChI=1S/C8H13NO.ClH/c1-4-7-5-9-8(2,3)6-10-7;/h1,7,9H,5-6H2,2-3H3;1H. The normalized spacial score (nSPS) is 28.3. The van der Waals surface area contributed by atoms with E-state index in [1.807, 2.05) is 0 Å². The summed E-state index contributed by atoms with van der Waals surface area (Å²) in [4.78, 5) is 0. The van der Waals surface area contributed by atoms with Crippen LogP contribution in [0.15, 0.2) is 0 Å². The SMILES string of the molecule is C#CC1CNC(C)(C)CO1.Cl. The van der Waals surface area contributed by atoms with E-state index in [2.05, 4.69) is 25.1 Å². The first-order valence-corrected chi connectivity index (χ1v) is 3.47. The van der Waals surface area contributed by atoms with Gasteiger partial charge in [-0.25, -0.2) is 0 Å². The summed E-state index contributed by atoms with van der Waals surface area (Å²) in [6, 6.07) is 0. The first-order valence-electron chi connectivity index (χ1n) is 3.47. The highest BCUT2D eigenvalue weighted by molar-refractivity contribution is 5.85. The zero-order chi connectivity index (χ0) is 7.61. The first kappa shape index (κ1) is 10.8. The summed E-state index contributed by atoms with van der Waals surface area (Å²) in [5.74, 6) is 2.56. The maximum absolute atomic E-state index is 5.34. The van der Waals surface area contributed by atoms with Gasteiger partial charge in [0, 0.05) is 12.1 Å². The fourth-order valence-electron chi connectivity index (χ4n) is 0.895. The molecular formula is C8H14ClNO. The Morgan fingerprint density at radius 3 is 2.64 bits per heavy atom. The Labute approximate surface area is 74.1 Å². The molecule has 1 rings (SSSR count). The van der Waals surface area contributed by atoms with Crippen molar-refractivity contribution in [2.45, 2.75) is 25.5 Å². The van der Waals surface area contributed by atoms with Gasteiger partial charge in [-0.15, -0.1) is 18.8 Å². The topological polar surface area (TPSA) is 21.3 Å². The molecule has 1 heterocycles. The second kappa shape index (κ2) is 3.96. The Morgan fingerprint density at radius 1 is 1.64 bits per heavy atom. The van der Waals surface area contributed by atoms with Crippen molar-refractivity contribution in [3.05, 3.63) is 0 Å². The number of hydrogen-bond acceptors (Lipinski definition) is 2. The smallest absolute Gasteiger partial charge is 0.130 e. The van der Waals surface area contributed by atoms with Gasteiger partial charge in [0.25, 0.3) is 0 Å². The fourth-order valence-corrected chi connectivity index (χ4v) is 0.895. The van der Waals surface area contributed by atoms with Crippen molar-refractivity contribution in [1.82, 2.24) is 5.32 Å². The van der Waals surface area contributed by atoms with Crippen molar-refractivity contribution in [3.8, 4) is 12.3 Å². The van der Waals surface area contributed by atoms with Crippen molar-refractivity contribution in [2.24, 2.45) is 0 Å². The molecule has 1 fully saturated rings. The van der Waals surface area contributed by atoms with E-state index in [9.17, 15) is 0 Å². The molecule has 0 aliphatic carbocycles. The highest BCUT2D eigenvalue weighted by atomic mass is 35.5. The molecule has 0 aromatic carbocycles. The molecule has 1 unspecified atom stereocenters. The van der Waals surface area contributed by atoms with E-state index < -0.39 is 0 Å². The minimum atomic E-state index is -0.0342. The second-order valence-electron chi connectivity index (χ2n) is 3.23. The zero-order valence-electron chi connectivity index (χ0n) is 6.89. The van der Waals surface area contributed by atoms with E-state index in [4.69, 9.17) is 11.2 Å². The summed E-state index contributed by atoms with van der Waals surface area (Å²) in [6.45, 7) is 5.66. The zero-order valence-corrected chi connectivity index (χ0v) is 7.70. The lowest BCUT2D eigenvalue weighted by Gasteiger charge is -2.33. The predicted molar refractivity (Wildman–Crippen MR) is 47.9 cm³/mol. The van der Waals surface area contributed by atoms with Gasteiger partial charge >= 0.3 is 0 Å². The van der Waals surface area contributed by atoms with Gasteiger partial charge in [0.1, 0.15) is 6.10 Å². The summed E-state index contributed by atoms with van der Waals surface area (Å²) in [5, 5.41) is 3.29. The summed E-state index contributed by atoms with van der Waals surface area (Å²) in [7, 11) is 0. The van der Waals surface area contributed by atoms with Crippen LogP contribution in [0.4, 0.5) is 0 Å². The summed E-state index contributed by atoms with van der Waals surface area (Å²) in [5.41, 5.74) is 0.0906. The van der Waals surface area contributed by atoms with Crippen LogP contribution in [0.1, 0.15) is 13.8 Å². The van der Waals surface area contributed by atoms with Gasteiger partial charge in [-0.05, 0) is 13.8 Å². The van der Waals surface area contributed by atoms with Gasteiger partial charge in [0.2, 0.25) is 0 Å². The second-order valence-corrected chi connectivity index (χ2v) is 3.23. The molecule has 0 aromatic heterocycles. The molecule has 2 nitrogen and oxygen atoms in total. The molecule has 11 heavy (non-hydrogen) atoms. The molecule has 1 N–H and O–H groups in total. The van der Waals surface area contributed by atoms with Gasteiger partial charge in [0.05, 0.1) is 6.61 Å². The molecule has 3 heteroatoms. The quantitative estimate of drug-likeness (QED) is 0.551. The Balaban J connectivity index is 0.000001000. The lowest BCUT2D eigenvalue weighted by Crippen LogP contribution is -2.52. The van der Waals surface area contributed by atoms with Crippen LogP contribution in [-0.4, -0.2) is 24.8 Å². The third kappa shape index (κ3) is 3.11. The maximum Gasteiger partial charge on any atom is 0.130 e. The van der Waals surface area contributed by atoms with E-state index in [-0.39, 0.29) is 24.0 Å². The van der Waals surface area contributed by atoms with Gasteiger partial charge in [-0.1, -0.05) is 5.92 Å². The fraction of sp³-hybridized carbons (Fsp3) is 0.750. The Morgan fingerprint density at radius 2 is 2.27 bits per heavy atom. The van der Waals surface area contributed by atoms with Crippen molar-refractivity contribution >= 4 is 12.4 Å². The van der Waals surface area contributed by atoms with Crippen molar-refractivity contribution in [2.75, 3.05) is 13.2 Å². The number of rotatable bonds is 0. The van der Waals surface area contributed by atoms with Crippen LogP contribution >= 0.6 is 12.4 Å². The molecule has 0 bridgehead atoms. The Kier molecular flexibility index (Phi) is 3.88. The highest BCUT2D eigenvalue weighted by Crippen LogP contribution is 2.09. The third-order valence-corrected chi connectivity index (χ3v) is 1.60. The number of halogens is 1. The van der Waals surface area contributed by atoms with Crippen molar-refractivity contribution in [1.29, 1.82) is 0 Å². The van der Waals surface area contributed by atoms with E-state index in [0.29, 0.717) is 6.61 Å². The van der Waals surface area contributed by atoms with Crippen LogP contribution in [0, 0.1) is 12.3 Å². The van der Waals surface area contributed by atoms with Crippen LogP contribution in [-0.2, 0) is 4.74 Å². The molecule has 0 saturated carbocycles. The lowest BCUT2D eigenvalue weighted by molar-refractivity contribution is 0.00814. The molecule has 1 atom stereocenters. The number of terminal acetylenes is 1. The highest BCUT2D eigenvalue weighted by Gasteiger charge is 2.25. The van der Waals surface area contributed by atoms with Crippen LogP contribution in [0.25, 0.3) is 0 Å². The summed E-state index contributed by atoms with van der Waals surface area (Å²) in [6.07, 6.45) is 5.14. The van der Waals surface area contributed by atoms with E-state index in [1.165, 1.54) is 0 Å². The van der Waals surface area contributed by atoms with Crippen LogP contribution in [0.3, 0.4) is 0 Å². The first-order chi connectivity index (χ1) is 4.64. The third-order valence-electron chi connectivity index (χ3n) is 1.60. The van der Waals surface area contributed by atoms with Gasteiger partial charge < -0.3 is 10.1 Å². The minimum Gasteiger partial charge on any atom is -0.362 e. The van der Waals surface area contributed by atoms with Crippen LogP contribution in [0.2, 0.25) is 0 Å². The van der Waals surface area contributed by atoms with Gasteiger partial charge in [0.15, 0.2) is 0 Å². The Bertz CT molecular complexity index is 152. The molecule has 1 aliphatic heterocycles. The minimum absolute atomic E-state index is 0. The number of nitrogens with one attached hydrogen (secondary N) is 1. The summed E-state index contributed by atoms with van der Waals surface area (Å²) >= 11 is 0. The maximum atomic E-state index is 5.34. The van der Waals surface area contributed by atoms with Crippen molar-refractivity contribution < 1.29 is 4.74 Å². The molecule has 0 radical (unpaired) electrons. The van der Waals surface area contributed by atoms with E-state index in [0.717, 1.165) is 6.54 Å². The van der Waals surface area contributed by atoms with Gasteiger partial charge in [-0.3, -0.25) is 0 Å². The number of morpholine rings is 1. The molecule has 1 saturated heterocycles.